The molecule has 0 aliphatic heterocycles. The SMILES string of the molecule is CCNC(=NCc1cccc(OCC(N)=O)c1)NCC(O)c1ccc(Cl)s1. The van der Waals surface area contributed by atoms with Gasteiger partial charge in [-0.15, -0.1) is 11.3 Å². The fourth-order valence-corrected chi connectivity index (χ4v) is 3.25. The predicted octanol–water partition coefficient (Wildman–Crippen LogP) is 2.05. The average Bonchev–Trinajstić information content (AvgIpc) is 3.09. The Hall–Kier alpha value is -2.29. The largest absolute Gasteiger partial charge is 0.484 e. The zero-order valence-electron chi connectivity index (χ0n) is 14.9. The maximum Gasteiger partial charge on any atom is 0.255 e. The van der Waals surface area contributed by atoms with Gasteiger partial charge in [-0.3, -0.25) is 4.79 Å². The number of thiophene rings is 1. The van der Waals surface area contributed by atoms with Gasteiger partial charge in [-0.1, -0.05) is 23.7 Å². The van der Waals surface area contributed by atoms with E-state index in [-0.39, 0.29) is 6.61 Å². The van der Waals surface area contributed by atoms with Crippen molar-refractivity contribution in [3.05, 3.63) is 51.2 Å². The van der Waals surface area contributed by atoms with Crippen LogP contribution in [0.3, 0.4) is 0 Å². The molecule has 0 aliphatic rings. The minimum atomic E-state index is -0.670. The Kier molecular flexibility index (Phi) is 8.38. The highest BCUT2D eigenvalue weighted by Gasteiger charge is 2.11. The first-order valence-corrected chi connectivity index (χ1v) is 9.63. The highest BCUT2D eigenvalue weighted by Crippen LogP contribution is 2.26. The van der Waals surface area contributed by atoms with Gasteiger partial charge in [-0.05, 0) is 36.8 Å². The molecule has 0 aliphatic carbocycles. The van der Waals surface area contributed by atoms with Crippen molar-refractivity contribution in [1.82, 2.24) is 10.6 Å². The van der Waals surface area contributed by atoms with Gasteiger partial charge in [0, 0.05) is 18.0 Å². The number of carbonyl (C=O) groups is 1. The Morgan fingerprint density at radius 1 is 1.37 bits per heavy atom. The van der Waals surface area contributed by atoms with Crippen LogP contribution >= 0.6 is 22.9 Å². The molecule has 0 radical (unpaired) electrons. The van der Waals surface area contributed by atoms with E-state index in [0.29, 0.717) is 35.7 Å². The molecule has 5 N–H and O–H groups in total. The third-order valence-electron chi connectivity index (χ3n) is 3.43. The van der Waals surface area contributed by atoms with E-state index in [1.54, 1.807) is 24.3 Å². The van der Waals surface area contributed by atoms with E-state index in [1.165, 1.54) is 11.3 Å². The molecule has 7 nitrogen and oxygen atoms in total. The summed E-state index contributed by atoms with van der Waals surface area (Å²) in [6.07, 6.45) is -0.670. The molecule has 0 saturated heterocycles. The number of rotatable bonds is 9. The summed E-state index contributed by atoms with van der Waals surface area (Å²) in [5.41, 5.74) is 6.00. The van der Waals surface area contributed by atoms with E-state index in [0.717, 1.165) is 10.4 Å². The van der Waals surface area contributed by atoms with Crippen molar-refractivity contribution in [1.29, 1.82) is 0 Å². The lowest BCUT2D eigenvalue weighted by molar-refractivity contribution is -0.119. The fraction of sp³-hybridized carbons (Fsp3) is 0.333. The predicted molar refractivity (Wildman–Crippen MR) is 108 cm³/mol. The van der Waals surface area contributed by atoms with Crippen LogP contribution in [0.1, 0.15) is 23.5 Å². The first-order chi connectivity index (χ1) is 13.0. The topological polar surface area (TPSA) is 109 Å². The van der Waals surface area contributed by atoms with Crippen molar-refractivity contribution in [3.63, 3.8) is 0 Å². The second-order valence-corrected chi connectivity index (χ2v) is 7.38. The van der Waals surface area contributed by atoms with Crippen molar-refractivity contribution in [2.24, 2.45) is 10.7 Å². The molecule has 0 bridgehead atoms. The van der Waals surface area contributed by atoms with Gasteiger partial charge in [-0.2, -0.15) is 0 Å². The van der Waals surface area contributed by atoms with Crippen LogP contribution in [0.2, 0.25) is 4.34 Å². The summed E-state index contributed by atoms with van der Waals surface area (Å²) in [7, 11) is 0. The zero-order chi connectivity index (χ0) is 19.6. The Bertz CT molecular complexity index is 781. The average molecular weight is 411 g/mol. The standard InChI is InChI=1S/C18H23ClN4O3S/c1-2-21-18(23-10-14(24)15-6-7-16(19)27-15)22-9-12-4-3-5-13(8-12)26-11-17(20)25/h3-8,14,24H,2,9-11H2,1H3,(H2,20,25)(H2,21,22,23). The lowest BCUT2D eigenvalue weighted by Gasteiger charge is -2.14. The molecule has 9 heteroatoms. The molecule has 146 valence electrons. The highest BCUT2D eigenvalue weighted by atomic mass is 35.5. The molecule has 0 fully saturated rings. The molecule has 0 spiro atoms. The molecule has 1 amide bonds. The summed E-state index contributed by atoms with van der Waals surface area (Å²) in [6.45, 7) is 3.20. The number of nitrogens with zero attached hydrogens (tertiary/aromatic N) is 1. The molecule has 1 aromatic heterocycles. The number of hydrogen-bond acceptors (Lipinski definition) is 5. The number of ether oxygens (including phenoxy) is 1. The van der Waals surface area contributed by atoms with Crippen LogP contribution in [0, 0.1) is 0 Å². The summed E-state index contributed by atoms with van der Waals surface area (Å²) < 4.78 is 5.94. The number of aliphatic hydroxyl groups excluding tert-OH is 1. The van der Waals surface area contributed by atoms with E-state index in [1.807, 2.05) is 19.1 Å². The Morgan fingerprint density at radius 2 is 2.19 bits per heavy atom. The molecule has 0 saturated carbocycles. The number of hydrogen-bond donors (Lipinski definition) is 4. The number of guanidine groups is 1. The van der Waals surface area contributed by atoms with Crippen LogP contribution in [-0.2, 0) is 11.3 Å². The third kappa shape index (κ3) is 7.46. The Morgan fingerprint density at radius 3 is 2.85 bits per heavy atom. The zero-order valence-corrected chi connectivity index (χ0v) is 16.5. The quantitative estimate of drug-likeness (QED) is 0.373. The Labute approximate surface area is 167 Å². The minimum Gasteiger partial charge on any atom is -0.484 e. The van der Waals surface area contributed by atoms with Crippen LogP contribution in [0.4, 0.5) is 0 Å². The summed E-state index contributed by atoms with van der Waals surface area (Å²) >= 11 is 7.25. The smallest absolute Gasteiger partial charge is 0.255 e. The van der Waals surface area contributed by atoms with E-state index < -0.39 is 12.0 Å². The number of aliphatic imine (C=N–C) groups is 1. The second-order valence-electron chi connectivity index (χ2n) is 5.64. The number of carbonyl (C=O) groups excluding carboxylic acids is 1. The maximum absolute atomic E-state index is 10.8. The number of primary amides is 1. The summed E-state index contributed by atoms with van der Waals surface area (Å²) in [5, 5.41) is 16.5. The molecule has 1 atom stereocenters. The maximum atomic E-state index is 10.8. The summed E-state index contributed by atoms with van der Waals surface area (Å²) in [4.78, 5) is 16.1. The van der Waals surface area contributed by atoms with Crippen molar-refractivity contribution in [3.8, 4) is 5.75 Å². The van der Waals surface area contributed by atoms with Crippen LogP contribution in [0.5, 0.6) is 5.75 Å². The molecule has 2 aromatic rings. The van der Waals surface area contributed by atoms with Crippen molar-refractivity contribution in [2.75, 3.05) is 19.7 Å². The van der Waals surface area contributed by atoms with E-state index in [2.05, 4.69) is 15.6 Å². The lowest BCUT2D eigenvalue weighted by atomic mass is 10.2. The number of halogens is 1. The lowest BCUT2D eigenvalue weighted by Crippen LogP contribution is -2.39. The van der Waals surface area contributed by atoms with E-state index >= 15 is 0 Å². The molecular weight excluding hydrogens is 388 g/mol. The second kappa shape index (κ2) is 10.8. The normalized spacial score (nSPS) is 12.5. The van der Waals surface area contributed by atoms with Gasteiger partial charge in [0.1, 0.15) is 11.9 Å². The minimum absolute atomic E-state index is 0.165. The first kappa shape index (κ1) is 21.0. The first-order valence-electron chi connectivity index (χ1n) is 8.43. The number of aliphatic hydroxyl groups is 1. The number of benzene rings is 1. The monoisotopic (exact) mass is 410 g/mol. The van der Waals surface area contributed by atoms with Gasteiger partial charge in [0.25, 0.3) is 5.91 Å². The van der Waals surface area contributed by atoms with Crippen molar-refractivity contribution < 1.29 is 14.6 Å². The van der Waals surface area contributed by atoms with Crippen molar-refractivity contribution >= 4 is 34.8 Å². The summed E-state index contributed by atoms with van der Waals surface area (Å²) in [6, 6.07) is 10.9. The van der Waals surface area contributed by atoms with Gasteiger partial charge in [0.05, 0.1) is 10.9 Å². The fourth-order valence-electron chi connectivity index (χ4n) is 2.20. The van der Waals surface area contributed by atoms with E-state index in [4.69, 9.17) is 22.1 Å². The van der Waals surface area contributed by atoms with Crippen LogP contribution < -0.4 is 21.1 Å². The Balaban J connectivity index is 1.94. The molecule has 2 rings (SSSR count). The molecule has 1 unspecified atom stereocenters. The number of nitrogens with one attached hydrogen (secondary N) is 2. The van der Waals surface area contributed by atoms with Gasteiger partial charge in [-0.25, -0.2) is 4.99 Å². The van der Waals surface area contributed by atoms with Gasteiger partial charge >= 0.3 is 0 Å². The van der Waals surface area contributed by atoms with Gasteiger partial charge in [0.15, 0.2) is 12.6 Å². The van der Waals surface area contributed by atoms with Crippen LogP contribution in [-0.4, -0.2) is 36.7 Å². The van der Waals surface area contributed by atoms with Crippen molar-refractivity contribution in [2.45, 2.75) is 19.6 Å². The van der Waals surface area contributed by atoms with Crippen LogP contribution in [0.25, 0.3) is 0 Å². The third-order valence-corrected chi connectivity index (χ3v) is 4.76. The van der Waals surface area contributed by atoms with Gasteiger partial charge < -0.3 is 26.2 Å². The highest BCUT2D eigenvalue weighted by molar-refractivity contribution is 7.16. The molecule has 1 aromatic carbocycles. The molecule has 1 heterocycles. The number of nitrogens with two attached hydrogens (primary N) is 1. The van der Waals surface area contributed by atoms with E-state index in [9.17, 15) is 9.90 Å². The summed E-state index contributed by atoms with van der Waals surface area (Å²) in [5.74, 6) is 0.620. The molecule has 27 heavy (non-hydrogen) atoms. The van der Waals surface area contributed by atoms with Crippen LogP contribution in [0.15, 0.2) is 41.4 Å². The molecular formula is C18H23ClN4O3S. The van der Waals surface area contributed by atoms with Gasteiger partial charge in [0.2, 0.25) is 0 Å². The number of amides is 1.